The predicted octanol–water partition coefficient (Wildman–Crippen LogP) is 14.7. The molecular weight excluding hydrogens is 789 g/mol. The summed E-state index contributed by atoms with van der Waals surface area (Å²) in [7, 11) is 0. The van der Waals surface area contributed by atoms with Crippen molar-refractivity contribution >= 4 is 71.0 Å². The molecular formula is C61H40N4. The van der Waals surface area contributed by atoms with E-state index in [0.29, 0.717) is 0 Å². The van der Waals surface area contributed by atoms with Gasteiger partial charge in [0.2, 0.25) is 0 Å². The first kappa shape index (κ1) is 37.0. The first-order chi connectivity index (χ1) is 32.2. The Bertz CT molecular complexity index is 3910. The average molecular weight is 829 g/mol. The number of aliphatic imine (C=N–C) groups is 1. The third kappa shape index (κ3) is 6.05. The molecule has 304 valence electrons. The molecule has 0 saturated heterocycles. The largest absolute Gasteiger partial charge is 0.352 e. The molecule has 2 atom stereocenters. The molecule has 4 heteroatoms. The number of aromatic nitrogens is 2. The van der Waals surface area contributed by atoms with Crippen LogP contribution in [0.25, 0.3) is 87.7 Å². The number of nitrogens with zero attached hydrogens (tertiary/aromatic N) is 3. The van der Waals surface area contributed by atoms with Crippen LogP contribution in [0.2, 0.25) is 0 Å². The Morgan fingerprint density at radius 1 is 0.400 bits per heavy atom. The van der Waals surface area contributed by atoms with Crippen molar-refractivity contribution in [3.8, 4) is 34.3 Å². The molecule has 0 spiro atoms. The maximum absolute atomic E-state index is 5.24. The van der Waals surface area contributed by atoms with Crippen LogP contribution in [0.15, 0.2) is 229 Å². The van der Waals surface area contributed by atoms with Crippen molar-refractivity contribution in [3.63, 3.8) is 0 Å². The van der Waals surface area contributed by atoms with Crippen LogP contribution < -0.4 is 5.32 Å². The van der Waals surface area contributed by atoms with Crippen molar-refractivity contribution in [1.82, 2.24) is 14.5 Å². The quantitative estimate of drug-likeness (QED) is 0.166. The summed E-state index contributed by atoms with van der Waals surface area (Å²) < 4.78 is 4.95. The first-order valence-corrected chi connectivity index (χ1v) is 22.3. The third-order valence-electron chi connectivity index (χ3n) is 13.2. The van der Waals surface area contributed by atoms with Crippen molar-refractivity contribution in [3.05, 3.63) is 241 Å². The lowest BCUT2D eigenvalue weighted by molar-refractivity contribution is 0.822. The molecule has 0 bridgehead atoms. The lowest BCUT2D eigenvalue weighted by Gasteiger charge is -2.20. The SMILES string of the molecule is C1#CC(c2ccc(-n3c4cc(-c5ccccc5)ccc4c4cc5c6c7ccccc7ccc6n(-c6ccccc6)c5cc43)c3ccccc23)NC(c2ccccc2)=NC1c1ccccc1. The monoisotopic (exact) mass is 828 g/mol. The smallest absolute Gasteiger partial charge is 0.138 e. The van der Waals surface area contributed by atoms with E-state index in [1.54, 1.807) is 0 Å². The molecule has 0 amide bonds. The maximum atomic E-state index is 5.24. The van der Waals surface area contributed by atoms with Crippen LogP contribution in [0, 0.1) is 11.8 Å². The molecule has 4 nitrogen and oxygen atoms in total. The highest BCUT2D eigenvalue weighted by Crippen LogP contribution is 2.44. The lowest BCUT2D eigenvalue weighted by atomic mass is 9.96. The Morgan fingerprint density at radius 2 is 1.05 bits per heavy atom. The van der Waals surface area contributed by atoms with Crippen LogP contribution in [0.4, 0.5) is 0 Å². The Kier molecular flexibility index (Phi) is 8.54. The van der Waals surface area contributed by atoms with Gasteiger partial charge in [-0.25, -0.2) is 4.99 Å². The van der Waals surface area contributed by atoms with Gasteiger partial charge in [0.05, 0.1) is 27.8 Å². The average Bonchev–Trinajstić information content (AvgIpc) is 3.77. The van der Waals surface area contributed by atoms with Crippen molar-refractivity contribution < 1.29 is 0 Å². The molecule has 1 aliphatic heterocycles. The van der Waals surface area contributed by atoms with Gasteiger partial charge in [-0.15, -0.1) is 0 Å². The fraction of sp³-hybridized carbons (Fsp3) is 0.0328. The van der Waals surface area contributed by atoms with E-state index in [-0.39, 0.29) is 12.1 Å². The summed E-state index contributed by atoms with van der Waals surface area (Å²) in [4.78, 5) is 5.24. The molecule has 10 aromatic carbocycles. The molecule has 2 unspecified atom stereocenters. The number of benzene rings is 10. The van der Waals surface area contributed by atoms with E-state index in [2.05, 4.69) is 239 Å². The van der Waals surface area contributed by atoms with Gasteiger partial charge in [-0.05, 0) is 80.9 Å². The number of fused-ring (bicyclic) bond motifs is 9. The lowest BCUT2D eigenvalue weighted by Crippen LogP contribution is -2.28. The minimum Gasteiger partial charge on any atom is -0.352 e. The molecule has 0 fully saturated rings. The molecule has 12 aromatic rings. The van der Waals surface area contributed by atoms with Gasteiger partial charge in [0.25, 0.3) is 0 Å². The molecule has 2 aromatic heterocycles. The maximum Gasteiger partial charge on any atom is 0.138 e. The van der Waals surface area contributed by atoms with E-state index in [1.807, 2.05) is 12.1 Å². The molecule has 0 saturated carbocycles. The van der Waals surface area contributed by atoms with E-state index in [1.165, 1.54) is 54.5 Å². The Morgan fingerprint density at radius 3 is 1.83 bits per heavy atom. The fourth-order valence-corrected chi connectivity index (χ4v) is 10.2. The standard InChI is InChI=1S/C61H40N4/c1-5-17-40(18-6-1)44-29-31-50-51-38-52-59(64(45-24-11-4-12-25-45)56-35-30-41-19-13-14-26-46(41)60(52)56)39-58(51)65(57(50)37-44)55-36-32-48(47-27-15-16-28-49(47)55)54-34-33-53(42-20-7-2-8-21-42)62-61(63-54)43-22-9-3-10-23-43/h1-32,35-39,53-54H,(H,62,63). The Hall–Kier alpha value is -8.65. The minimum atomic E-state index is -0.305. The van der Waals surface area contributed by atoms with Crippen LogP contribution >= 0.6 is 0 Å². The van der Waals surface area contributed by atoms with Gasteiger partial charge in [-0.1, -0.05) is 194 Å². The summed E-state index contributed by atoms with van der Waals surface area (Å²) in [6.07, 6.45) is 0. The molecule has 0 aliphatic carbocycles. The van der Waals surface area contributed by atoms with Crippen LogP contribution in [0.5, 0.6) is 0 Å². The van der Waals surface area contributed by atoms with Gasteiger partial charge < -0.3 is 14.5 Å². The summed E-state index contributed by atoms with van der Waals surface area (Å²) in [6.45, 7) is 0. The summed E-state index contributed by atoms with van der Waals surface area (Å²) >= 11 is 0. The summed E-state index contributed by atoms with van der Waals surface area (Å²) in [6, 6.07) is 80.2. The second-order valence-electron chi connectivity index (χ2n) is 16.9. The zero-order valence-electron chi connectivity index (χ0n) is 35.4. The highest BCUT2D eigenvalue weighted by Gasteiger charge is 2.24. The topological polar surface area (TPSA) is 34.2 Å². The number of rotatable bonds is 6. The summed E-state index contributed by atoms with van der Waals surface area (Å²) in [5.74, 6) is 8.05. The first-order valence-electron chi connectivity index (χ1n) is 22.3. The number of hydrogen-bond donors (Lipinski definition) is 1. The highest BCUT2D eigenvalue weighted by molar-refractivity contribution is 6.25. The van der Waals surface area contributed by atoms with Gasteiger partial charge in [-0.2, -0.15) is 0 Å². The zero-order chi connectivity index (χ0) is 42.8. The van der Waals surface area contributed by atoms with Crippen molar-refractivity contribution in [2.45, 2.75) is 12.1 Å². The fourth-order valence-electron chi connectivity index (χ4n) is 10.2. The second-order valence-corrected chi connectivity index (χ2v) is 16.9. The summed E-state index contributed by atoms with van der Waals surface area (Å²) in [5.41, 5.74) is 12.5. The number of hydrogen-bond acceptors (Lipinski definition) is 2. The second kappa shape index (κ2) is 15.0. The van der Waals surface area contributed by atoms with Crippen LogP contribution in [0.1, 0.15) is 28.8 Å². The van der Waals surface area contributed by atoms with Crippen molar-refractivity contribution in [2.24, 2.45) is 4.99 Å². The molecule has 1 aliphatic rings. The predicted molar refractivity (Wildman–Crippen MR) is 271 cm³/mol. The third-order valence-corrected chi connectivity index (χ3v) is 13.2. The van der Waals surface area contributed by atoms with Crippen molar-refractivity contribution in [1.29, 1.82) is 0 Å². The zero-order valence-corrected chi connectivity index (χ0v) is 35.4. The minimum absolute atomic E-state index is 0.299. The summed E-state index contributed by atoms with van der Waals surface area (Å²) in [5, 5.41) is 13.5. The number of nitrogens with one attached hydrogen (secondary N) is 1. The molecule has 13 rings (SSSR count). The van der Waals surface area contributed by atoms with E-state index in [0.717, 1.165) is 55.7 Å². The van der Waals surface area contributed by atoms with Crippen LogP contribution in [0.3, 0.4) is 0 Å². The van der Waals surface area contributed by atoms with Crippen molar-refractivity contribution in [2.75, 3.05) is 0 Å². The van der Waals surface area contributed by atoms with Crippen LogP contribution in [-0.2, 0) is 0 Å². The number of amidine groups is 1. The highest BCUT2D eigenvalue weighted by atomic mass is 15.0. The van der Waals surface area contributed by atoms with E-state index in [9.17, 15) is 0 Å². The van der Waals surface area contributed by atoms with E-state index >= 15 is 0 Å². The van der Waals surface area contributed by atoms with Gasteiger partial charge >= 0.3 is 0 Å². The Balaban J connectivity index is 1.08. The van der Waals surface area contributed by atoms with Gasteiger partial charge in [0, 0.05) is 38.2 Å². The molecule has 0 radical (unpaired) electrons. The number of para-hydroxylation sites is 1. The normalized spacial score (nSPS) is 15.0. The van der Waals surface area contributed by atoms with E-state index < -0.39 is 0 Å². The van der Waals surface area contributed by atoms with Crippen LogP contribution in [-0.4, -0.2) is 15.0 Å². The van der Waals surface area contributed by atoms with E-state index in [4.69, 9.17) is 4.99 Å². The van der Waals surface area contributed by atoms with Gasteiger partial charge in [0.15, 0.2) is 0 Å². The molecule has 65 heavy (non-hydrogen) atoms. The molecule has 3 heterocycles. The van der Waals surface area contributed by atoms with Gasteiger partial charge in [0.1, 0.15) is 17.9 Å². The molecule has 1 N–H and O–H groups in total. The Labute approximate surface area is 376 Å². The van der Waals surface area contributed by atoms with Gasteiger partial charge in [-0.3, -0.25) is 0 Å².